The highest BCUT2D eigenvalue weighted by atomic mass is 32.2. The molecular formula is C14H23N3O4S. The van der Waals surface area contributed by atoms with Crippen LogP contribution in [0.4, 0.5) is 5.69 Å². The molecule has 0 aromatic heterocycles. The highest BCUT2D eigenvalue weighted by molar-refractivity contribution is 7.89. The van der Waals surface area contributed by atoms with E-state index >= 15 is 0 Å². The highest BCUT2D eigenvalue weighted by Gasteiger charge is 2.35. The van der Waals surface area contributed by atoms with Gasteiger partial charge in [0.25, 0.3) is 5.69 Å². The number of rotatable bonds is 6. The monoisotopic (exact) mass is 329 g/mol. The number of aryl methyl sites for hydroxylation is 2. The van der Waals surface area contributed by atoms with E-state index in [2.05, 4.69) is 0 Å². The lowest BCUT2D eigenvalue weighted by Crippen LogP contribution is -2.40. The lowest BCUT2D eigenvalue weighted by molar-refractivity contribution is -0.388. The van der Waals surface area contributed by atoms with E-state index in [9.17, 15) is 18.5 Å². The van der Waals surface area contributed by atoms with Crippen LogP contribution in [0.5, 0.6) is 0 Å². The summed E-state index contributed by atoms with van der Waals surface area (Å²) in [5.41, 5.74) is 5.53. The van der Waals surface area contributed by atoms with Crippen LogP contribution in [-0.4, -0.2) is 37.8 Å². The minimum Gasteiger partial charge on any atom is -0.330 e. The number of nitro groups is 1. The van der Waals surface area contributed by atoms with Gasteiger partial charge in [0.15, 0.2) is 4.90 Å². The molecule has 0 atom stereocenters. The molecule has 1 aromatic rings. The molecule has 0 aliphatic rings. The Morgan fingerprint density at radius 1 is 1.27 bits per heavy atom. The van der Waals surface area contributed by atoms with Gasteiger partial charge in [-0.15, -0.1) is 0 Å². The van der Waals surface area contributed by atoms with Crippen LogP contribution in [-0.2, 0) is 10.0 Å². The fourth-order valence-electron chi connectivity index (χ4n) is 2.23. The fraction of sp³-hybridized carbons (Fsp3) is 0.571. The molecule has 22 heavy (non-hydrogen) atoms. The van der Waals surface area contributed by atoms with Gasteiger partial charge in [-0.25, -0.2) is 12.7 Å². The SMILES string of the molecule is Cc1ccc(C)c(S(=O)(=O)N(C)CC(C)(C)CN)c1[N+](=O)[O-]. The molecule has 0 radical (unpaired) electrons. The summed E-state index contributed by atoms with van der Waals surface area (Å²) in [7, 11) is -2.56. The summed E-state index contributed by atoms with van der Waals surface area (Å²) in [6, 6.07) is 3.13. The molecule has 8 heteroatoms. The average Bonchev–Trinajstić information content (AvgIpc) is 2.39. The Labute approximate surface area is 131 Å². The van der Waals surface area contributed by atoms with Crippen molar-refractivity contribution in [1.82, 2.24) is 4.31 Å². The molecule has 0 unspecified atom stereocenters. The average molecular weight is 329 g/mol. The van der Waals surface area contributed by atoms with Crippen molar-refractivity contribution in [3.8, 4) is 0 Å². The smallest absolute Gasteiger partial charge is 0.292 e. The molecule has 0 spiro atoms. The molecule has 0 aliphatic carbocycles. The Morgan fingerprint density at radius 3 is 2.23 bits per heavy atom. The van der Waals surface area contributed by atoms with Crippen LogP contribution < -0.4 is 5.73 Å². The third-order valence-corrected chi connectivity index (χ3v) is 5.57. The summed E-state index contributed by atoms with van der Waals surface area (Å²) < 4.78 is 26.7. The number of nitro benzene ring substituents is 1. The number of sulfonamides is 1. The molecule has 0 aliphatic heterocycles. The van der Waals surface area contributed by atoms with Crippen LogP contribution in [0.15, 0.2) is 17.0 Å². The molecule has 7 nitrogen and oxygen atoms in total. The van der Waals surface area contributed by atoms with Gasteiger partial charge in [-0.05, 0) is 31.4 Å². The second kappa shape index (κ2) is 6.31. The van der Waals surface area contributed by atoms with E-state index in [1.807, 2.05) is 13.8 Å². The van der Waals surface area contributed by atoms with Crippen molar-refractivity contribution >= 4 is 15.7 Å². The highest BCUT2D eigenvalue weighted by Crippen LogP contribution is 2.33. The van der Waals surface area contributed by atoms with Crippen LogP contribution in [0.3, 0.4) is 0 Å². The van der Waals surface area contributed by atoms with Crippen molar-refractivity contribution in [3.63, 3.8) is 0 Å². The van der Waals surface area contributed by atoms with Crippen LogP contribution in [0, 0.1) is 29.4 Å². The van der Waals surface area contributed by atoms with Gasteiger partial charge in [0.05, 0.1) is 4.92 Å². The van der Waals surface area contributed by atoms with E-state index in [0.717, 1.165) is 4.31 Å². The third-order valence-electron chi connectivity index (χ3n) is 3.58. The van der Waals surface area contributed by atoms with E-state index in [0.29, 0.717) is 17.7 Å². The van der Waals surface area contributed by atoms with Gasteiger partial charge in [0.1, 0.15) is 0 Å². The zero-order chi connectivity index (χ0) is 17.3. The summed E-state index contributed by atoms with van der Waals surface area (Å²) in [6.45, 7) is 7.26. The standard InChI is InChI=1S/C14H23N3O4S/c1-10-6-7-11(2)13(12(10)17(18)19)22(20,21)16(5)9-14(3,4)8-15/h6-7H,8-9,15H2,1-5H3. The first-order valence-corrected chi connectivity index (χ1v) is 8.29. The normalized spacial score (nSPS) is 12.7. The summed E-state index contributed by atoms with van der Waals surface area (Å²) in [6.07, 6.45) is 0. The minimum absolute atomic E-state index is 0.177. The van der Waals surface area contributed by atoms with E-state index in [4.69, 9.17) is 5.73 Å². The van der Waals surface area contributed by atoms with E-state index in [-0.39, 0.29) is 17.1 Å². The fourth-order valence-corrected chi connectivity index (χ4v) is 4.02. The van der Waals surface area contributed by atoms with Gasteiger partial charge >= 0.3 is 0 Å². The molecule has 2 N–H and O–H groups in total. The second-order valence-electron chi connectivity index (χ2n) is 6.26. The lowest BCUT2D eigenvalue weighted by atomic mass is 9.94. The molecule has 0 saturated heterocycles. The van der Waals surface area contributed by atoms with Crippen molar-refractivity contribution in [2.24, 2.45) is 11.1 Å². The minimum atomic E-state index is -3.97. The summed E-state index contributed by atoms with van der Waals surface area (Å²) >= 11 is 0. The van der Waals surface area contributed by atoms with Gasteiger partial charge in [-0.1, -0.05) is 26.0 Å². The predicted molar refractivity (Wildman–Crippen MR) is 85.2 cm³/mol. The number of nitrogens with two attached hydrogens (primary N) is 1. The zero-order valence-corrected chi connectivity index (χ0v) is 14.4. The van der Waals surface area contributed by atoms with E-state index in [1.54, 1.807) is 19.1 Å². The predicted octanol–water partition coefficient (Wildman–Crippen LogP) is 1.82. The Kier molecular flexibility index (Phi) is 5.32. The molecule has 0 fully saturated rings. The van der Waals surface area contributed by atoms with Crippen molar-refractivity contribution < 1.29 is 13.3 Å². The van der Waals surface area contributed by atoms with Crippen molar-refractivity contribution in [3.05, 3.63) is 33.4 Å². The summed E-state index contributed by atoms with van der Waals surface area (Å²) in [5.74, 6) is 0. The first-order chi connectivity index (χ1) is 9.94. The van der Waals surface area contributed by atoms with Gasteiger partial charge in [-0.3, -0.25) is 10.1 Å². The topological polar surface area (TPSA) is 107 Å². The molecule has 0 saturated carbocycles. The summed E-state index contributed by atoms with van der Waals surface area (Å²) in [4.78, 5) is 10.4. The largest absolute Gasteiger partial charge is 0.330 e. The maximum atomic E-state index is 12.8. The number of hydrogen-bond donors (Lipinski definition) is 1. The van der Waals surface area contributed by atoms with Crippen molar-refractivity contribution in [2.45, 2.75) is 32.6 Å². The Morgan fingerprint density at radius 2 is 1.77 bits per heavy atom. The first-order valence-electron chi connectivity index (χ1n) is 6.85. The molecule has 1 aromatic carbocycles. The maximum Gasteiger partial charge on any atom is 0.292 e. The molecule has 0 amide bonds. The Bertz CT molecular complexity index is 684. The van der Waals surface area contributed by atoms with Gasteiger partial charge in [0.2, 0.25) is 10.0 Å². The molecule has 1 rings (SSSR count). The maximum absolute atomic E-state index is 12.8. The quantitative estimate of drug-likeness (QED) is 0.633. The third kappa shape index (κ3) is 3.63. The van der Waals surface area contributed by atoms with Crippen LogP contribution >= 0.6 is 0 Å². The van der Waals surface area contributed by atoms with E-state index < -0.39 is 20.4 Å². The Hall–Kier alpha value is -1.51. The van der Waals surface area contributed by atoms with Crippen LogP contribution in [0.25, 0.3) is 0 Å². The number of nitrogens with zero attached hydrogens (tertiary/aromatic N) is 2. The number of hydrogen-bond acceptors (Lipinski definition) is 5. The van der Waals surface area contributed by atoms with Gasteiger partial charge < -0.3 is 5.73 Å². The van der Waals surface area contributed by atoms with E-state index in [1.165, 1.54) is 14.0 Å². The molecule has 0 heterocycles. The van der Waals surface area contributed by atoms with Crippen LogP contribution in [0.2, 0.25) is 0 Å². The first kappa shape index (κ1) is 18.5. The van der Waals surface area contributed by atoms with Gasteiger partial charge in [-0.2, -0.15) is 0 Å². The van der Waals surface area contributed by atoms with Gasteiger partial charge in [0, 0.05) is 19.2 Å². The van der Waals surface area contributed by atoms with Crippen molar-refractivity contribution in [1.29, 1.82) is 0 Å². The Balaban J connectivity index is 3.47. The lowest BCUT2D eigenvalue weighted by Gasteiger charge is -2.28. The number of benzene rings is 1. The van der Waals surface area contributed by atoms with Crippen LogP contribution in [0.1, 0.15) is 25.0 Å². The van der Waals surface area contributed by atoms with Crippen molar-refractivity contribution in [2.75, 3.05) is 20.1 Å². The second-order valence-corrected chi connectivity index (χ2v) is 8.25. The molecule has 0 bridgehead atoms. The molecule has 124 valence electrons. The molecular weight excluding hydrogens is 306 g/mol. The summed E-state index contributed by atoms with van der Waals surface area (Å²) in [5, 5.41) is 11.3. The zero-order valence-electron chi connectivity index (χ0n) is 13.6.